The number of hydrogen-bond acceptors (Lipinski definition) is 3. The second kappa shape index (κ2) is 6.92. The van der Waals surface area contributed by atoms with Crippen molar-refractivity contribution in [3.63, 3.8) is 0 Å². The molecule has 5 rings (SSSR count). The minimum absolute atomic E-state index is 0.287. The highest BCUT2D eigenvalue weighted by Crippen LogP contribution is 2.42. The van der Waals surface area contributed by atoms with E-state index in [9.17, 15) is 9.50 Å². The fourth-order valence-corrected chi connectivity index (χ4v) is 5.24. The SMILES string of the molecule is Cc1ccc2c(n1)c1c(n2CC(C)(O)c2ccc(F)cc2)CCN2CCCCC12. The molecule has 2 aromatic heterocycles. The van der Waals surface area contributed by atoms with Gasteiger partial charge in [0.25, 0.3) is 0 Å². The van der Waals surface area contributed by atoms with Crippen molar-refractivity contribution in [3.05, 3.63) is 64.7 Å². The molecule has 1 saturated heterocycles. The van der Waals surface area contributed by atoms with Gasteiger partial charge in [-0.3, -0.25) is 9.88 Å². The Morgan fingerprint density at radius 1 is 1.14 bits per heavy atom. The highest BCUT2D eigenvalue weighted by molar-refractivity contribution is 5.83. The lowest BCUT2D eigenvalue weighted by Gasteiger charge is -2.40. The average Bonchev–Trinajstić information content (AvgIpc) is 3.01. The van der Waals surface area contributed by atoms with Crippen LogP contribution in [-0.2, 0) is 18.6 Å². The molecule has 1 fully saturated rings. The summed E-state index contributed by atoms with van der Waals surface area (Å²) in [6.07, 6.45) is 4.68. The Labute approximate surface area is 171 Å². The van der Waals surface area contributed by atoms with E-state index in [1.807, 2.05) is 13.8 Å². The van der Waals surface area contributed by atoms with Gasteiger partial charge in [-0.1, -0.05) is 18.6 Å². The second-order valence-corrected chi connectivity index (χ2v) is 8.85. The fraction of sp³-hybridized carbons (Fsp3) is 0.458. The Morgan fingerprint density at radius 3 is 2.72 bits per heavy atom. The first-order chi connectivity index (χ1) is 13.9. The van der Waals surface area contributed by atoms with E-state index < -0.39 is 5.60 Å². The lowest BCUT2D eigenvalue weighted by molar-refractivity contribution is 0.0379. The molecule has 0 radical (unpaired) electrons. The lowest BCUT2D eigenvalue weighted by atomic mass is 9.90. The molecule has 3 aromatic rings. The Bertz CT molecular complexity index is 1050. The van der Waals surface area contributed by atoms with Crippen molar-refractivity contribution in [1.82, 2.24) is 14.5 Å². The van der Waals surface area contributed by atoms with Gasteiger partial charge in [0.1, 0.15) is 11.4 Å². The molecule has 1 aromatic carbocycles. The van der Waals surface area contributed by atoms with E-state index in [1.165, 1.54) is 42.7 Å². The van der Waals surface area contributed by atoms with Crippen molar-refractivity contribution >= 4 is 11.0 Å². The van der Waals surface area contributed by atoms with Crippen LogP contribution in [0, 0.1) is 12.7 Å². The predicted octanol–water partition coefficient (Wildman–Crippen LogP) is 4.47. The third kappa shape index (κ3) is 3.17. The zero-order valence-electron chi connectivity index (χ0n) is 17.2. The van der Waals surface area contributed by atoms with Crippen LogP contribution >= 0.6 is 0 Å². The van der Waals surface area contributed by atoms with Crippen molar-refractivity contribution in [2.75, 3.05) is 13.1 Å². The van der Waals surface area contributed by atoms with Crippen molar-refractivity contribution in [2.24, 2.45) is 0 Å². The van der Waals surface area contributed by atoms with E-state index in [1.54, 1.807) is 12.1 Å². The maximum Gasteiger partial charge on any atom is 0.123 e. The number of aliphatic hydroxyl groups is 1. The zero-order valence-corrected chi connectivity index (χ0v) is 17.2. The van der Waals surface area contributed by atoms with Crippen molar-refractivity contribution in [3.8, 4) is 0 Å². The number of hydrogen-bond donors (Lipinski definition) is 1. The minimum Gasteiger partial charge on any atom is -0.384 e. The van der Waals surface area contributed by atoms with Gasteiger partial charge in [0.2, 0.25) is 0 Å². The van der Waals surface area contributed by atoms with Crippen LogP contribution in [0.1, 0.15) is 54.7 Å². The Balaban J connectivity index is 1.64. The summed E-state index contributed by atoms with van der Waals surface area (Å²) >= 11 is 0. The van der Waals surface area contributed by atoms with E-state index in [0.717, 1.165) is 41.8 Å². The summed E-state index contributed by atoms with van der Waals surface area (Å²) in [4.78, 5) is 7.55. The average molecular weight is 394 g/mol. The number of rotatable bonds is 3. The first-order valence-corrected chi connectivity index (χ1v) is 10.6. The number of fused-ring (bicyclic) bond motifs is 5. The van der Waals surface area contributed by atoms with E-state index >= 15 is 0 Å². The van der Waals surface area contributed by atoms with Crippen LogP contribution in [-0.4, -0.2) is 32.6 Å². The Morgan fingerprint density at radius 2 is 1.93 bits per heavy atom. The van der Waals surface area contributed by atoms with Crippen molar-refractivity contribution in [2.45, 2.75) is 57.7 Å². The number of aromatic nitrogens is 2. The maximum absolute atomic E-state index is 13.4. The molecule has 152 valence electrons. The van der Waals surface area contributed by atoms with Gasteiger partial charge >= 0.3 is 0 Å². The van der Waals surface area contributed by atoms with Gasteiger partial charge in [0, 0.05) is 36.0 Å². The van der Waals surface area contributed by atoms with Gasteiger partial charge in [-0.2, -0.15) is 0 Å². The predicted molar refractivity (Wildman–Crippen MR) is 112 cm³/mol. The van der Waals surface area contributed by atoms with Gasteiger partial charge in [0.15, 0.2) is 0 Å². The van der Waals surface area contributed by atoms with Crippen molar-refractivity contribution in [1.29, 1.82) is 0 Å². The van der Waals surface area contributed by atoms with Crippen LogP contribution in [0.2, 0.25) is 0 Å². The number of pyridine rings is 1. The molecular formula is C24H28FN3O. The molecule has 0 aliphatic carbocycles. The molecule has 2 aliphatic heterocycles. The number of halogens is 1. The van der Waals surface area contributed by atoms with Gasteiger partial charge in [-0.25, -0.2) is 4.39 Å². The minimum atomic E-state index is -1.10. The monoisotopic (exact) mass is 393 g/mol. The summed E-state index contributed by atoms with van der Waals surface area (Å²) in [5.41, 5.74) is 5.51. The quantitative estimate of drug-likeness (QED) is 0.714. The first kappa shape index (κ1) is 18.8. The van der Waals surface area contributed by atoms with Crippen LogP contribution < -0.4 is 0 Å². The number of aryl methyl sites for hydroxylation is 1. The fourth-order valence-electron chi connectivity index (χ4n) is 5.24. The molecule has 29 heavy (non-hydrogen) atoms. The van der Waals surface area contributed by atoms with Gasteiger partial charge < -0.3 is 9.67 Å². The summed E-state index contributed by atoms with van der Waals surface area (Å²) < 4.78 is 15.7. The summed E-state index contributed by atoms with van der Waals surface area (Å²) in [5, 5.41) is 11.3. The lowest BCUT2D eigenvalue weighted by Crippen LogP contribution is -2.39. The van der Waals surface area contributed by atoms with E-state index in [-0.39, 0.29) is 5.82 Å². The molecule has 0 bridgehead atoms. The molecule has 2 atom stereocenters. The topological polar surface area (TPSA) is 41.3 Å². The first-order valence-electron chi connectivity index (χ1n) is 10.6. The van der Waals surface area contributed by atoms with Gasteiger partial charge in [0.05, 0.1) is 17.6 Å². The van der Waals surface area contributed by atoms with E-state index in [0.29, 0.717) is 12.6 Å². The molecule has 2 unspecified atom stereocenters. The van der Waals surface area contributed by atoms with Gasteiger partial charge in [-0.15, -0.1) is 0 Å². The van der Waals surface area contributed by atoms with E-state index in [4.69, 9.17) is 4.98 Å². The zero-order chi connectivity index (χ0) is 20.2. The molecular weight excluding hydrogens is 365 g/mol. The number of benzene rings is 1. The highest BCUT2D eigenvalue weighted by Gasteiger charge is 2.36. The summed E-state index contributed by atoms with van der Waals surface area (Å²) in [7, 11) is 0. The van der Waals surface area contributed by atoms with Crippen molar-refractivity contribution < 1.29 is 9.50 Å². The van der Waals surface area contributed by atoms with E-state index in [2.05, 4.69) is 21.6 Å². The summed E-state index contributed by atoms with van der Waals surface area (Å²) in [6, 6.07) is 10.8. The highest BCUT2D eigenvalue weighted by atomic mass is 19.1. The number of piperidine rings is 1. The summed E-state index contributed by atoms with van der Waals surface area (Å²) in [5.74, 6) is -0.287. The normalized spacial score (nSPS) is 21.6. The van der Waals surface area contributed by atoms with Crippen LogP contribution in [0.15, 0.2) is 36.4 Å². The summed E-state index contributed by atoms with van der Waals surface area (Å²) in [6.45, 7) is 6.51. The molecule has 0 spiro atoms. The molecule has 0 amide bonds. The van der Waals surface area contributed by atoms with Crippen LogP contribution in [0.4, 0.5) is 4.39 Å². The molecule has 4 heterocycles. The molecule has 4 nitrogen and oxygen atoms in total. The standard InChI is InChI=1S/C24H28FN3O/c1-16-6-11-21-23(26-16)22-19-5-3-4-13-27(19)14-12-20(22)28(21)15-24(2,29)17-7-9-18(25)10-8-17/h6-11,19,29H,3-5,12-15H2,1-2H3. The molecule has 2 aliphatic rings. The third-order valence-electron chi connectivity index (χ3n) is 6.71. The molecule has 5 heteroatoms. The third-order valence-corrected chi connectivity index (χ3v) is 6.71. The molecule has 0 saturated carbocycles. The number of nitrogens with zero attached hydrogens (tertiary/aromatic N) is 3. The Kier molecular flexibility index (Phi) is 4.48. The Hall–Kier alpha value is -2.24. The molecule has 1 N–H and O–H groups in total. The van der Waals surface area contributed by atoms with Crippen LogP contribution in [0.25, 0.3) is 11.0 Å². The van der Waals surface area contributed by atoms with Crippen LogP contribution in [0.5, 0.6) is 0 Å². The second-order valence-electron chi connectivity index (χ2n) is 8.85. The van der Waals surface area contributed by atoms with Gasteiger partial charge in [-0.05, 0) is 63.1 Å². The van der Waals surface area contributed by atoms with Crippen LogP contribution in [0.3, 0.4) is 0 Å². The largest absolute Gasteiger partial charge is 0.384 e. The maximum atomic E-state index is 13.4. The smallest absolute Gasteiger partial charge is 0.123 e.